The molecule has 0 spiro atoms. The molecule has 5 nitrogen and oxygen atoms in total. The van der Waals surface area contributed by atoms with Crippen molar-refractivity contribution >= 4 is 5.91 Å². The highest BCUT2D eigenvalue weighted by atomic mass is 16.5. The standard InChI is InChI=1S/C20H23NO4/c1-3-24-17-6-4-14(5-7-17)12-21-20(22)16-10-15-11-18(23-2)8-9-19(15)25-13-16/h4-9,11,16H,3,10,12-13H2,1-2H3,(H,21,22). The Hall–Kier alpha value is -2.69. The lowest BCUT2D eigenvalue weighted by Gasteiger charge is -2.25. The number of carbonyl (C=O) groups is 1. The summed E-state index contributed by atoms with van der Waals surface area (Å²) >= 11 is 0. The molecular formula is C20H23NO4. The Morgan fingerprint density at radius 2 is 1.96 bits per heavy atom. The summed E-state index contributed by atoms with van der Waals surface area (Å²) in [6.07, 6.45) is 0.654. The Morgan fingerprint density at radius 3 is 2.68 bits per heavy atom. The largest absolute Gasteiger partial charge is 0.497 e. The minimum absolute atomic E-state index is 0.00218. The van der Waals surface area contributed by atoms with Crippen LogP contribution in [0.1, 0.15) is 18.1 Å². The number of hydrogen-bond donors (Lipinski definition) is 1. The van der Waals surface area contributed by atoms with E-state index in [1.165, 1.54) is 0 Å². The molecule has 1 aliphatic rings. The first-order valence-corrected chi connectivity index (χ1v) is 8.48. The van der Waals surface area contributed by atoms with Gasteiger partial charge in [-0.2, -0.15) is 0 Å². The summed E-state index contributed by atoms with van der Waals surface area (Å²) in [6, 6.07) is 13.4. The van der Waals surface area contributed by atoms with Gasteiger partial charge in [-0.15, -0.1) is 0 Å². The van der Waals surface area contributed by atoms with Crippen molar-refractivity contribution in [1.29, 1.82) is 0 Å². The van der Waals surface area contributed by atoms with Crippen molar-refractivity contribution in [2.45, 2.75) is 19.9 Å². The van der Waals surface area contributed by atoms with E-state index >= 15 is 0 Å². The molecule has 0 saturated heterocycles. The summed E-state index contributed by atoms with van der Waals surface area (Å²) in [5.41, 5.74) is 2.04. The van der Waals surface area contributed by atoms with Crippen molar-refractivity contribution < 1.29 is 19.0 Å². The van der Waals surface area contributed by atoms with Crippen molar-refractivity contribution in [3.8, 4) is 17.2 Å². The zero-order valence-electron chi connectivity index (χ0n) is 14.6. The summed E-state index contributed by atoms with van der Waals surface area (Å²) in [7, 11) is 1.63. The number of methoxy groups -OCH3 is 1. The van der Waals surface area contributed by atoms with Gasteiger partial charge in [0.1, 0.15) is 23.9 Å². The fourth-order valence-corrected chi connectivity index (χ4v) is 2.87. The van der Waals surface area contributed by atoms with Crippen molar-refractivity contribution in [3.63, 3.8) is 0 Å². The number of nitrogens with one attached hydrogen (secondary N) is 1. The Kier molecular flexibility index (Phi) is 5.43. The van der Waals surface area contributed by atoms with Crippen LogP contribution >= 0.6 is 0 Å². The Labute approximate surface area is 147 Å². The van der Waals surface area contributed by atoms with Crippen LogP contribution in [0, 0.1) is 5.92 Å². The average molecular weight is 341 g/mol. The highest BCUT2D eigenvalue weighted by Gasteiger charge is 2.26. The van der Waals surface area contributed by atoms with Crippen LogP contribution in [0.15, 0.2) is 42.5 Å². The minimum atomic E-state index is -0.192. The maximum absolute atomic E-state index is 12.5. The van der Waals surface area contributed by atoms with Gasteiger partial charge in [0.2, 0.25) is 5.91 Å². The molecule has 132 valence electrons. The molecule has 1 unspecified atom stereocenters. The molecule has 0 saturated carbocycles. The lowest BCUT2D eigenvalue weighted by Crippen LogP contribution is -2.37. The van der Waals surface area contributed by atoms with Crippen molar-refractivity contribution in [3.05, 3.63) is 53.6 Å². The maximum atomic E-state index is 12.5. The Morgan fingerprint density at radius 1 is 1.20 bits per heavy atom. The van der Waals surface area contributed by atoms with E-state index in [4.69, 9.17) is 14.2 Å². The molecule has 0 bridgehead atoms. The third-order valence-electron chi connectivity index (χ3n) is 4.25. The molecule has 5 heteroatoms. The molecule has 2 aromatic carbocycles. The minimum Gasteiger partial charge on any atom is -0.497 e. The van der Waals surface area contributed by atoms with Gasteiger partial charge in [-0.3, -0.25) is 4.79 Å². The highest BCUT2D eigenvalue weighted by Crippen LogP contribution is 2.30. The normalized spacial score (nSPS) is 15.7. The summed E-state index contributed by atoms with van der Waals surface area (Å²) in [5, 5.41) is 2.99. The van der Waals surface area contributed by atoms with E-state index in [9.17, 15) is 4.79 Å². The molecule has 3 rings (SSSR count). The molecule has 0 aromatic heterocycles. The zero-order valence-corrected chi connectivity index (χ0v) is 14.6. The molecule has 0 aliphatic carbocycles. The third-order valence-corrected chi connectivity index (χ3v) is 4.25. The Bertz CT molecular complexity index is 727. The van der Waals surface area contributed by atoms with E-state index in [0.717, 1.165) is 28.4 Å². The molecule has 1 atom stereocenters. The van der Waals surface area contributed by atoms with Gasteiger partial charge in [0.25, 0.3) is 0 Å². The molecule has 2 aromatic rings. The lowest BCUT2D eigenvalue weighted by atomic mass is 9.95. The van der Waals surface area contributed by atoms with Crippen LogP contribution < -0.4 is 19.5 Å². The molecule has 0 fully saturated rings. The summed E-state index contributed by atoms with van der Waals surface area (Å²) in [5.74, 6) is 2.25. The molecule has 25 heavy (non-hydrogen) atoms. The van der Waals surface area contributed by atoms with Gasteiger partial charge >= 0.3 is 0 Å². The molecular weight excluding hydrogens is 318 g/mol. The Balaban J connectivity index is 1.56. The third kappa shape index (κ3) is 4.24. The quantitative estimate of drug-likeness (QED) is 0.878. The first kappa shape index (κ1) is 17.1. The second-order valence-corrected chi connectivity index (χ2v) is 5.98. The van der Waals surface area contributed by atoms with E-state index in [1.807, 2.05) is 49.4 Å². The number of benzene rings is 2. The van der Waals surface area contributed by atoms with E-state index in [-0.39, 0.29) is 11.8 Å². The van der Waals surface area contributed by atoms with Crippen LogP contribution in [0.2, 0.25) is 0 Å². The van der Waals surface area contributed by atoms with Gasteiger partial charge in [-0.05, 0) is 54.8 Å². The van der Waals surface area contributed by atoms with Gasteiger partial charge in [-0.1, -0.05) is 12.1 Å². The first-order chi connectivity index (χ1) is 12.2. The van der Waals surface area contributed by atoms with Gasteiger partial charge < -0.3 is 19.5 Å². The van der Waals surface area contributed by atoms with Gasteiger partial charge in [-0.25, -0.2) is 0 Å². The van der Waals surface area contributed by atoms with Crippen LogP contribution in [0.3, 0.4) is 0 Å². The molecule has 1 amide bonds. The SMILES string of the molecule is CCOc1ccc(CNC(=O)C2COc3ccc(OC)cc3C2)cc1. The van der Waals surface area contributed by atoms with E-state index in [1.54, 1.807) is 7.11 Å². The predicted molar refractivity (Wildman–Crippen MR) is 95.1 cm³/mol. The van der Waals surface area contributed by atoms with Crippen molar-refractivity contribution in [2.24, 2.45) is 5.92 Å². The van der Waals surface area contributed by atoms with E-state index in [0.29, 0.717) is 26.2 Å². The number of rotatable bonds is 6. The van der Waals surface area contributed by atoms with Crippen LogP contribution in [0.4, 0.5) is 0 Å². The lowest BCUT2D eigenvalue weighted by molar-refractivity contribution is -0.126. The van der Waals surface area contributed by atoms with Crippen molar-refractivity contribution in [1.82, 2.24) is 5.32 Å². The molecule has 1 aliphatic heterocycles. The van der Waals surface area contributed by atoms with Gasteiger partial charge in [0.15, 0.2) is 0 Å². The zero-order chi connectivity index (χ0) is 17.6. The summed E-state index contributed by atoms with van der Waals surface area (Å²) < 4.78 is 16.4. The van der Waals surface area contributed by atoms with Gasteiger partial charge in [0, 0.05) is 6.54 Å². The molecule has 1 N–H and O–H groups in total. The second kappa shape index (κ2) is 7.92. The van der Waals surface area contributed by atoms with Crippen molar-refractivity contribution in [2.75, 3.05) is 20.3 Å². The number of hydrogen-bond acceptors (Lipinski definition) is 4. The van der Waals surface area contributed by atoms with Crippen LogP contribution in [-0.2, 0) is 17.8 Å². The monoisotopic (exact) mass is 341 g/mol. The average Bonchev–Trinajstić information content (AvgIpc) is 2.66. The highest BCUT2D eigenvalue weighted by molar-refractivity contribution is 5.79. The molecule has 0 radical (unpaired) electrons. The van der Waals surface area contributed by atoms with Crippen LogP contribution in [0.25, 0.3) is 0 Å². The number of fused-ring (bicyclic) bond motifs is 1. The summed E-state index contributed by atoms with van der Waals surface area (Å²) in [6.45, 7) is 3.49. The fourth-order valence-electron chi connectivity index (χ4n) is 2.87. The smallest absolute Gasteiger partial charge is 0.227 e. The number of carbonyl (C=O) groups excluding carboxylic acids is 1. The second-order valence-electron chi connectivity index (χ2n) is 5.98. The first-order valence-electron chi connectivity index (χ1n) is 8.48. The summed E-state index contributed by atoms with van der Waals surface area (Å²) in [4.78, 5) is 12.5. The fraction of sp³-hybridized carbons (Fsp3) is 0.350. The number of amides is 1. The number of ether oxygens (including phenoxy) is 3. The van der Waals surface area contributed by atoms with Crippen LogP contribution in [0.5, 0.6) is 17.2 Å². The van der Waals surface area contributed by atoms with E-state index in [2.05, 4.69) is 5.32 Å². The van der Waals surface area contributed by atoms with E-state index < -0.39 is 0 Å². The van der Waals surface area contributed by atoms with Gasteiger partial charge in [0.05, 0.1) is 19.6 Å². The molecule has 1 heterocycles. The predicted octanol–water partition coefficient (Wildman–Crippen LogP) is 2.96. The van der Waals surface area contributed by atoms with Crippen LogP contribution in [-0.4, -0.2) is 26.2 Å². The topological polar surface area (TPSA) is 56.8 Å². The maximum Gasteiger partial charge on any atom is 0.227 e.